The molecule has 3 rings (SSSR count). The summed E-state index contributed by atoms with van der Waals surface area (Å²) in [4.78, 5) is 12.8. The van der Waals surface area contributed by atoms with Gasteiger partial charge in [-0.3, -0.25) is 10.1 Å². The Bertz CT molecular complexity index is 516. The Morgan fingerprint density at radius 3 is 2.47 bits per heavy atom. The van der Waals surface area contributed by atoms with E-state index in [4.69, 9.17) is 9.47 Å². The standard InChI is InChI=1S/C12H15N3O4/c1-14(8-6-13-7-8)9-4-11-12(19-3-2-18-11)5-10(9)15(16)17/h4-5,8,13H,2-3,6-7H2,1H3. The summed E-state index contributed by atoms with van der Waals surface area (Å²) in [5, 5.41) is 14.4. The first kappa shape index (κ1) is 12.0. The first-order valence-corrected chi connectivity index (χ1v) is 6.18. The minimum atomic E-state index is -0.379. The third-order valence-electron chi connectivity index (χ3n) is 3.52. The third kappa shape index (κ3) is 2.06. The molecule has 0 amide bonds. The maximum absolute atomic E-state index is 11.2. The number of nitro groups is 1. The number of likely N-dealkylation sites (N-methyl/N-ethyl adjacent to an activating group) is 1. The quantitative estimate of drug-likeness (QED) is 0.642. The molecule has 7 heteroatoms. The highest BCUT2D eigenvalue weighted by molar-refractivity contribution is 5.70. The lowest BCUT2D eigenvalue weighted by atomic mass is 10.1. The average Bonchev–Trinajstić information content (AvgIpc) is 2.35. The normalized spacial score (nSPS) is 17.7. The number of benzene rings is 1. The summed E-state index contributed by atoms with van der Waals surface area (Å²) in [6.45, 7) is 2.56. The smallest absolute Gasteiger partial charge is 0.296 e. The Balaban J connectivity index is 2.02. The number of nitrogens with zero attached hydrogens (tertiary/aromatic N) is 2. The van der Waals surface area contributed by atoms with Crippen molar-refractivity contribution in [3.05, 3.63) is 22.2 Å². The van der Waals surface area contributed by atoms with E-state index >= 15 is 0 Å². The van der Waals surface area contributed by atoms with Crippen LogP contribution in [0.2, 0.25) is 0 Å². The van der Waals surface area contributed by atoms with Crippen LogP contribution < -0.4 is 19.7 Å². The SMILES string of the molecule is CN(c1cc2c(cc1[N+](=O)[O-])OCCO2)C1CNC1. The maximum Gasteiger partial charge on any atom is 0.296 e. The molecule has 102 valence electrons. The highest BCUT2D eigenvalue weighted by Gasteiger charge is 2.29. The van der Waals surface area contributed by atoms with Crippen LogP contribution in [0.4, 0.5) is 11.4 Å². The Hall–Kier alpha value is -2.02. The molecular weight excluding hydrogens is 250 g/mol. The van der Waals surface area contributed by atoms with Gasteiger partial charge in [0.2, 0.25) is 0 Å². The molecule has 0 spiro atoms. The van der Waals surface area contributed by atoms with Gasteiger partial charge in [0.05, 0.1) is 17.0 Å². The fourth-order valence-corrected chi connectivity index (χ4v) is 2.24. The molecule has 0 saturated carbocycles. The fourth-order valence-electron chi connectivity index (χ4n) is 2.24. The molecule has 2 aliphatic heterocycles. The van der Waals surface area contributed by atoms with Crippen molar-refractivity contribution in [2.45, 2.75) is 6.04 Å². The van der Waals surface area contributed by atoms with E-state index in [-0.39, 0.29) is 16.7 Å². The molecule has 2 aliphatic rings. The van der Waals surface area contributed by atoms with Gasteiger partial charge in [-0.15, -0.1) is 0 Å². The number of ether oxygens (including phenoxy) is 2. The second-order valence-corrected chi connectivity index (χ2v) is 4.66. The van der Waals surface area contributed by atoms with E-state index in [9.17, 15) is 10.1 Å². The molecule has 1 aromatic carbocycles. The zero-order valence-electron chi connectivity index (χ0n) is 10.6. The summed E-state index contributed by atoms with van der Waals surface area (Å²) < 4.78 is 10.9. The van der Waals surface area contributed by atoms with Crippen LogP contribution in [0.5, 0.6) is 11.5 Å². The van der Waals surface area contributed by atoms with Crippen LogP contribution >= 0.6 is 0 Å². The zero-order valence-corrected chi connectivity index (χ0v) is 10.6. The molecule has 7 nitrogen and oxygen atoms in total. The molecule has 0 unspecified atom stereocenters. The van der Waals surface area contributed by atoms with E-state index in [2.05, 4.69) is 5.32 Å². The monoisotopic (exact) mass is 265 g/mol. The Morgan fingerprint density at radius 1 is 1.32 bits per heavy atom. The van der Waals surface area contributed by atoms with Gasteiger partial charge in [-0.25, -0.2) is 0 Å². The number of nitro benzene ring substituents is 1. The maximum atomic E-state index is 11.2. The molecule has 0 radical (unpaired) electrons. The van der Waals surface area contributed by atoms with Crippen LogP contribution in [-0.4, -0.2) is 44.3 Å². The minimum absolute atomic E-state index is 0.0543. The van der Waals surface area contributed by atoms with Crippen LogP contribution in [0.25, 0.3) is 0 Å². The van der Waals surface area contributed by atoms with E-state index in [1.54, 1.807) is 6.07 Å². The Labute approximate surface area is 110 Å². The first-order valence-electron chi connectivity index (χ1n) is 6.18. The van der Waals surface area contributed by atoms with E-state index in [0.717, 1.165) is 13.1 Å². The number of hydrogen-bond donors (Lipinski definition) is 1. The molecule has 0 aliphatic carbocycles. The Morgan fingerprint density at radius 2 is 1.95 bits per heavy atom. The highest BCUT2D eigenvalue weighted by Crippen LogP contribution is 2.41. The molecule has 2 heterocycles. The van der Waals surface area contributed by atoms with Gasteiger partial charge in [0.1, 0.15) is 18.9 Å². The molecule has 0 atom stereocenters. The van der Waals surface area contributed by atoms with E-state index in [0.29, 0.717) is 30.4 Å². The first-order chi connectivity index (χ1) is 9.16. The molecule has 1 fully saturated rings. The second-order valence-electron chi connectivity index (χ2n) is 4.66. The molecule has 1 aromatic rings. The summed E-state index contributed by atoms with van der Waals surface area (Å²) >= 11 is 0. The van der Waals surface area contributed by atoms with Gasteiger partial charge in [-0.1, -0.05) is 0 Å². The van der Waals surface area contributed by atoms with Crippen molar-refractivity contribution in [1.29, 1.82) is 0 Å². The number of rotatable bonds is 3. The number of nitrogens with one attached hydrogen (secondary N) is 1. The van der Waals surface area contributed by atoms with Crippen molar-refractivity contribution in [3.63, 3.8) is 0 Å². The van der Waals surface area contributed by atoms with Crippen molar-refractivity contribution >= 4 is 11.4 Å². The van der Waals surface area contributed by atoms with E-state index < -0.39 is 0 Å². The van der Waals surface area contributed by atoms with Crippen molar-refractivity contribution < 1.29 is 14.4 Å². The summed E-state index contributed by atoms with van der Waals surface area (Å²) in [6, 6.07) is 3.43. The third-order valence-corrected chi connectivity index (χ3v) is 3.52. The van der Waals surface area contributed by atoms with Crippen LogP contribution in [-0.2, 0) is 0 Å². The predicted octanol–water partition coefficient (Wildman–Crippen LogP) is 0.774. The molecule has 0 bridgehead atoms. The Kier molecular flexibility index (Phi) is 2.90. The molecule has 19 heavy (non-hydrogen) atoms. The predicted molar refractivity (Wildman–Crippen MR) is 69.1 cm³/mol. The average molecular weight is 265 g/mol. The summed E-state index contributed by atoms with van der Waals surface area (Å²) in [6.07, 6.45) is 0. The van der Waals surface area contributed by atoms with Gasteiger partial charge in [0.15, 0.2) is 11.5 Å². The molecule has 1 saturated heterocycles. The topological polar surface area (TPSA) is 76.9 Å². The molecule has 1 N–H and O–H groups in total. The van der Waals surface area contributed by atoms with E-state index in [1.165, 1.54) is 6.07 Å². The molecule has 0 aromatic heterocycles. The number of anilines is 1. The van der Waals surface area contributed by atoms with E-state index in [1.807, 2.05) is 11.9 Å². The van der Waals surface area contributed by atoms with Crippen LogP contribution in [0.1, 0.15) is 0 Å². The van der Waals surface area contributed by atoms with Gasteiger partial charge in [-0.05, 0) is 0 Å². The van der Waals surface area contributed by atoms with Crippen molar-refractivity contribution in [2.24, 2.45) is 0 Å². The van der Waals surface area contributed by atoms with Gasteiger partial charge in [0, 0.05) is 26.2 Å². The number of fused-ring (bicyclic) bond motifs is 1. The van der Waals surface area contributed by atoms with Crippen molar-refractivity contribution in [2.75, 3.05) is 38.3 Å². The van der Waals surface area contributed by atoms with Crippen LogP contribution in [0.3, 0.4) is 0 Å². The number of hydrogen-bond acceptors (Lipinski definition) is 6. The largest absolute Gasteiger partial charge is 0.486 e. The second kappa shape index (κ2) is 4.58. The minimum Gasteiger partial charge on any atom is -0.486 e. The van der Waals surface area contributed by atoms with Crippen LogP contribution in [0, 0.1) is 10.1 Å². The highest BCUT2D eigenvalue weighted by atomic mass is 16.6. The van der Waals surface area contributed by atoms with Crippen molar-refractivity contribution in [3.8, 4) is 11.5 Å². The summed E-state index contributed by atoms with van der Waals surface area (Å²) in [7, 11) is 1.86. The van der Waals surface area contributed by atoms with Crippen LogP contribution in [0.15, 0.2) is 12.1 Å². The van der Waals surface area contributed by atoms with Gasteiger partial charge in [-0.2, -0.15) is 0 Å². The lowest BCUT2D eigenvalue weighted by molar-refractivity contribution is -0.384. The summed E-state index contributed by atoms with van der Waals surface area (Å²) in [5.41, 5.74) is 0.624. The van der Waals surface area contributed by atoms with Gasteiger partial charge >= 0.3 is 0 Å². The molecular formula is C12H15N3O4. The lowest BCUT2D eigenvalue weighted by Gasteiger charge is -2.37. The summed E-state index contributed by atoms with van der Waals surface area (Å²) in [5.74, 6) is 1.02. The fraction of sp³-hybridized carbons (Fsp3) is 0.500. The van der Waals surface area contributed by atoms with Crippen molar-refractivity contribution in [1.82, 2.24) is 5.32 Å². The lowest BCUT2D eigenvalue weighted by Crippen LogP contribution is -2.56. The van der Waals surface area contributed by atoms with Gasteiger partial charge in [0.25, 0.3) is 5.69 Å². The van der Waals surface area contributed by atoms with Gasteiger partial charge < -0.3 is 19.7 Å². The zero-order chi connectivity index (χ0) is 13.4.